The van der Waals surface area contributed by atoms with Crippen LogP contribution in [0.25, 0.3) is 0 Å². The minimum Gasteiger partial charge on any atom is -0.399 e. The monoisotopic (exact) mass is 298 g/mol. The molecule has 1 atom stereocenters. The van der Waals surface area contributed by atoms with Crippen molar-refractivity contribution in [3.8, 4) is 0 Å². The van der Waals surface area contributed by atoms with Gasteiger partial charge >= 0.3 is 6.18 Å². The molecule has 0 bridgehead atoms. The van der Waals surface area contributed by atoms with E-state index in [1.165, 1.54) is 30.3 Å². The van der Waals surface area contributed by atoms with Crippen LogP contribution in [0.3, 0.4) is 0 Å². The third-order valence-corrected chi connectivity index (χ3v) is 3.07. The molecule has 0 spiro atoms. The lowest BCUT2D eigenvalue weighted by Crippen LogP contribution is -2.14. The van der Waals surface area contributed by atoms with E-state index in [0.717, 1.165) is 6.07 Å². The Morgan fingerprint density at radius 2 is 1.81 bits per heavy atom. The number of anilines is 2. The molecule has 3 N–H and O–H groups in total. The molecule has 0 aliphatic carbocycles. The third-order valence-electron chi connectivity index (χ3n) is 3.07. The van der Waals surface area contributed by atoms with E-state index >= 15 is 0 Å². The van der Waals surface area contributed by atoms with Crippen LogP contribution in [0.5, 0.6) is 0 Å². The van der Waals surface area contributed by atoms with E-state index in [2.05, 4.69) is 5.32 Å². The van der Waals surface area contributed by atoms with Crippen molar-refractivity contribution < 1.29 is 17.6 Å². The summed E-state index contributed by atoms with van der Waals surface area (Å²) in [4.78, 5) is 0. The van der Waals surface area contributed by atoms with E-state index in [1.807, 2.05) is 0 Å². The number of hydrogen-bond acceptors (Lipinski definition) is 2. The smallest absolute Gasteiger partial charge is 0.399 e. The number of alkyl halides is 3. The van der Waals surface area contributed by atoms with Gasteiger partial charge < -0.3 is 11.1 Å². The van der Waals surface area contributed by atoms with Gasteiger partial charge in [0.15, 0.2) is 0 Å². The summed E-state index contributed by atoms with van der Waals surface area (Å²) in [5.74, 6) is -0.436. The molecule has 0 heterocycles. The lowest BCUT2D eigenvalue weighted by atomic mass is 10.1. The molecular formula is C15H14F4N2. The first kappa shape index (κ1) is 15.2. The van der Waals surface area contributed by atoms with Crippen LogP contribution in [0.4, 0.5) is 28.9 Å². The fourth-order valence-electron chi connectivity index (χ4n) is 2.01. The zero-order chi connectivity index (χ0) is 15.6. The van der Waals surface area contributed by atoms with Gasteiger partial charge in [-0.05, 0) is 42.8 Å². The summed E-state index contributed by atoms with van der Waals surface area (Å²) in [5.41, 5.74) is 5.07. The first-order valence-electron chi connectivity index (χ1n) is 6.26. The van der Waals surface area contributed by atoms with Gasteiger partial charge in [-0.2, -0.15) is 13.2 Å². The maximum absolute atomic E-state index is 13.2. The van der Waals surface area contributed by atoms with Crippen LogP contribution in [0.2, 0.25) is 0 Å². The molecule has 0 aromatic heterocycles. The Kier molecular flexibility index (Phi) is 4.06. The molecule has 21 heavy (non-hydrogen) atoms. The van der Waals surface area contributed by atoms with Gasteiger partial charge in [-0.3, -0.25) is 0 Å². The average molecular weight is 298 g/mol. The van der Waals surface area contributed by atoms with Crippen molar-refractivity contribution in [1.82, 2.24) is 0 Å². The number of nitrogens with two attached hydrogens (primary N) is 1. The van der Waals surface area contributed by atoms with E-state index in [1.54, 1.807) is 13.0 Å². The predicted molar refractivity (Wildman–Crippen MR) is 74.3 cm³/mol. The molecule has 0 aliphatic rings. The van der Waals surface area contributed by atoms with Gasteiger partial charge in [0.25, 0.3) is 0 Å². The highest BCUT2D eigenvalue weighted by Crippen LogP contribution is 2.37. The van der Waals surface area contributed by atoms with Crippen LogP contribution in [-0.2, 0) is 6.18 Å². The summed E-state index contributed by atoms with van der Waals surface area (Å²) in [6.07, 6.45) is -4.51. The first-order valence-corrected chi connectivity index (χ1v) is 6.26. The second-order valence-corrected chi connectivity index (χ2v) is 4.72. The van der Waals surface area contributed by atoms with E-state index in [0.29, 0.717) is 5.56 Å². The zero-order valence-corrected chi connectivity index (χ0v) is 11.2. The zero-order valence-electron chi connectivity index (χ0n) is 11.2. The summed E-state index contributed by atoms with van der Waals surface area (Å²) in [5, 5.41) is 2.75. The lowest BCUT2D eigenvalue weighted by molar-refractivity contribution is -0.136. The molecule has 0 fully saturated rings. The van der Waals surface area contributed by atoms with Crippen molar-refractivity contribution in [2.24, 2.45) is 0 Å². The standard InChI is InChI=1S/C15H14F4N2/c1-9(10-3-2-4-11(16)7-10)21-14-6-5-12(20)8-13(14)15(17,18)19/h2-9,21H,20H2,1H3. The van der Waals surface area contributed by atoms with Crippen molar-refractivity contribution in [2.75, 3.05) is 11.1 Å². The minimum atomic E-state index is -4.51. The van der Waals surface area contributed by atoms with E-state index in [4.69, 9.17) is 5.73 Å². The van der Waals surface area contributed by atoms with E-state index in [-0.39, 0.29) is 11.4 Å². The first-order chi connectivity index (χ1) is 9.77. The largest absolute Gasteiger partial charge is 0.418 e. The molecule has 0 aliphatic heterocycles. The number of benzene rings is 2. The van der Waals surface area contributed by atoms with Crippen LogP contribution in [0.15, 0.2) is 42.5 Å². The van der Waals surface area contributed by atoms with Gasteiger partial charge in [0.1, 0.15) is 5.82 Å². The molecule has 1 unspecified atom stereocenters. The highest BCUT2D eigenvalue weighted by atomic mass is 19.4. The van der Waals surface area contributed by atoms with E-state index < -0.39 is 23.6 Å². The molecule has 0 saturated heterocycles. The molecule has 6 heteroatoms. The predicted octanol–water partition coefficient (Wildman–Crippen LogP) is 4.60. The lowest BCUT2D eigenvalue weighted by Gasteiger charge is -2.20. The van der Waals surface area contributed by atoms with Gasteiger partial charge in [-0.15, -0.1) is 0 Å². The van der Waals surface area contributed by atoms with Crippen LogP contribution in [0.1, 0.15) is 24.1 Å². The van der Waals surface area contributed by atoms with Crippen molar-refractivity contribution in [1.29, 1.82) is 0 Å². The highest BCUT2D eigenvalue weighted by Gasteiger charge is 2.34. The number of halogens is 4. The fourth-order valence-corrected chi connectivity index (χ4v) is 2.01. The molecule has 112 valence electrons. The van der Waals surface area contributed by atoms with Crippen molar-refractivity contribution in [2.45, 2.75) is 19.1 Å². The van der Waals surface area contributed by atoms with Crippen LogP contribution >= 0.6 is 0 Å². The minimum absolute atomic E-state index is 0.0336. The van der Waals surface area contributed by atoms with E-state index in [9.17, 15) is 17.6 Å². The summed E-state index contributed by atoms with van der Waals surface area (Å²) < 4.78 is 52.1. The van der Waals surface area contributed by atoms with Crippen molar-refractivity contribution >= 4 is 11.4 Å². The van der Waals surface area contributed by atoms with Gasteiger partial charge in [0.05, 0.1) is 5.56 Å². The van der Waals surface area contributed by atoms with Crippen molar-refractivity contribution in [3.63, 3.8) is 0 Å². The van der Waals surface area contributed by atoms with Crippen LogP contribution in [0, 0.1) is 5.82 Å². The topological polar surface area (TPSA) is 38.0 Å². The summed E-state index contributed by atoms with van der Waals surface area (Å²) in [6, 6.07) is 8.76. The SMILES string of the molecule is CC(Nc1ccc(N)cc1C(F)(F)F)c1cccc(F)c1. The molecule has 0 saturated carbocycles. The molecule has 2 aromatic rings. The number of rotatable bonds is 3. The number of nitrogens with one attached hydrogen (secondary N) is 1. The highest BCUT2D eigenvalue weighted by molar-refractivity contribution is 5.60. The summed E-state index contributed by atoms with van der Waals surface area (Å²) in [7, 11) is 0. The Labute approximate surface area is 119 Å². The Hall–Kier alpha value is -2.24. The Bertz CT molecular complexity index is 638. The molecule has 2 nitrogen and oxygen atoms in total. The van der Waals surface area contributed by atoms with Gasteiger partial charge in [-0.25, -0.2) is 4.39 Å². The molecule has 2 aromatic carbocycles. The Morgan fingerprint density at radius 1 is 1.10 bits per heavy atom. The molecule has 0 radical (unpaired) electrons. The molecular weight excluding hydrogens is 284 g/mol. The Balaban J connectivity index is 2.31. The second kappa shape index (κ2) is 5.63. The van der Waals surface area contributed by atoms with Crippen molar-refractivity contribution in [3.05, 3.63) is 59.4 Å². The normalized spacial score (nSPS) is 13.0. The third kappa shape index (κ3) is 3.65. The quantitative estimate of drug-likeness (QED) is 0.642. The van der Waals surface area contributed by atoms with Crippen LogP contribution < -0.4 is 11.1 Å². The number of nitrogen functional groups attached to an aromatic ring is 1. The summed E-state index contributed by atoms with van der Waals surface area (Å²) in [6.45, 7) is 1.66. The van der Waals surface area contributed by atoms with Crippen LogP contribution in [-0.4, -0.2) is 0 Å². The van der Waals surface area contributed by atoms with Gasteiger partial charge in [0, 0.05) is 17.4 Å². The fraction of sp³-hybridized carbons (Fsp3) is 0.200. The number of hydrogen-bond donors (Lipinski definition) is 2. The maximum Gasteiger partial charge on any atom is 0.418 e. The Morgan fingerprint density at radius 3 is 2.43 bits per heavy atom. The molecule has 2 rings (SSSR count). The molecule has 0 amide bonds. The second-order valence-electron chi connectivity index (χ2n) is 4.72. The maximum atomic E-state index is 13.2. The van der Waals surface area contributed by atoms with Gasteiger partial charge in [-0.1, -0.05) is 12.1 Å². The average Bonchev–Trinajstić information content (AvgIpc) is 2.39. The van der Waals surface area contributed by atoms with Gasteiger partial charge in [0.2, 0.25) is 0 Å². The summed E-state index contributed by atoms with van der Waals surface area (Å²) >= 11 is 0.